The first-order valence-electron chi connectivity index (χ1n) is 10.2. The lowest BCUT2D eigenvalue weighted by atomic mass is 10.0. The Morgan fingerprint density at radius 2 is 1.94 bits per heavy atom. The third kappa shape index (κ3) is 4.41. The van der Waals surface area contributed by atoms with Gasteiger partial charge in [-0.2, -0.15) is 10.1 Å². The van der Waals surface area contributed by atoms with Crippen molar-refractivity contribution in [1.29, 1.82) is 4.78 Å². The Labute approximate surface area is 186 Å². The first kappa shape index (κ1) is 21.7. The van der Waals surface area contributed by atoms with Gasteiger partial charge in [-0.3, -0.25) is 5.10 Å². The summed E-state index contributed by atoms with van der Waals surface area (Å²) in [6.45, 7) is 3.55. The molecule has 166 valence electrons. The van der Waals surface area contributed by atoms with E-state index in [-0.39, 0.29) is 18.4 Å². The minimum absolute atomic E-state index is 0.0482. The summed E-state index contributed by atoms with van der Waals surface area (Å²) in [5.41, 5.74) is 3.33. The standard InChI is InChI=1S/C22H25N7O2S/c1-3-32(23,31)16-9-7-15(8-10-16)27-22-24-11-19(21(28-22)26-14(2)13-30)17-5-4-6-20-18(17)12-25-29-20/h4-12,14,23,30H,3,13H2,1-2H3,(H,25,29)(H2,24,26,27,28)/t14-,32?/m1/s1. The number of hydrogen-bond acceptors (Lipinski definition) is 8. The fraction of sp³-hybridized carbons (Fsp3) is 0.227. The number of aliphatic hydroxyl groups excluding tert-OH is 1. The fourth-order valence-corrected chi connectivity index (χ4v) is 4.19. The van der Waals surface area contributed by atoms with Gasteiger partial charge in [0.2, 0.25) is 5.95 Å². The molecule has 0 aliphatic rings. The van der Waals surface area contributed by atoms with Crippen LogP contribution < -0.4 is 10.6 Å². The van der Waals surface area contributed by atoms with Crippen molar-refractivity contribution in [3.63, 3.8) is 0 Å². The van der Waals surface area contributed by atoms with Crippen LogP contribution in [-0.2, 0) is 9.73 Å². The minimum atomic E-state index is -2.76. The molecular weight excluding hydrogens is 426 g/mol. The molecule has 0 fully saturated rings. The van der Waals surface area contributed by atoms with Gasteiger partial charge in [0.25, 0.3) is 0 Å². The van der Waals surface area contributed by atoms with Gasteiger partial charge in [-0.05, 0) is 42.8 Å². The van der Waals surface area contributed by atoms with E-state index in [0.717, 1.165) is 22.0 Å². The molecule has 0 amide bonds. The SMILES string of the molecule is CCS(=N)(=O)c1ccc(Nc2ncc(-c3cccc4[nH]ncc34)c(N[C@H](C)CO)n2)cc1. The summed E-state index contributed by atoms with van der Waals surface area (Å²) in [6.07, 6.45) is 3.49. The number of anilines is 3. The number of rotatable bonds is 8. The molecule has 0 aliphatic heterocycles. The summed E-state index contributed by atoms with van der Waals surface area (Å²) in [7, 11) is -2.76. The van der Waals surface area contributed by atoms with Gasteiger partial charge in [0.1, 0.15) is 5.82 Å². The van der Waals surface area contributed by atoms with E-state index in [1.807, 2.05) is 25.1 Å². The number of hydrogen-bond donors (Lipinski definition) is 5. The van der Waals surface area contributed by atoms with Gasteiger partial charge < -0.3 is 15.7 Å². The van der Waals surface area contributed by atoms with Gasteiger partial charge in [-0.25, -0.2) is 14.0 Å². The number of nitrogens with one attached hydrogen (secondary N) is 4. The van der Waals surface area contributed by atoms with Crippen LogP contribution in [0.3, 0.4) is 0 Å². The highest BCUT2D eigenvalue weighted by atomic mass is 32.2. The summed E-state index contributed by atoms with van der Waals surface area (Å²) in [4.78, 5) is 9.61. The molecule has 5 N–H and O–H groups in total. The normalized spacial score (nSPS) is 14.1. The van der Waals surface area contributed by atoms with E-state index in [1.165, 1.54) is 0 Å². The van der Waals surface area contributed by atoms with E-state index < -0.39 is 9.73 Å². The Morgan fingerprint density at radius 1 is 1.16 bits per heavy atom. The number of aromatic nitrogens is 4. The number of fused-ring (bicyclic) bond motifs is 1. The van der Waals surface area contributed by atoms with Crippen LogP contribution in [-0.4, -0.2) is 47.9 Å². The number of nitrogens with zero attached hydrogens (tertiary/aromatic N) is 3. The maximum atomic E-state index is 12.2. The number of benzene rings is 2. The van der Waals surface area contributed by atoms with Gasteiger partial charge in [0.05, 0.1) is 28.0 Å². The molecule has 2 atom stereocenters. The second-order valence-electron chi connectivity index (χ2n) is 7.43. The first-order valence-corrected chi connectivity index (χ1v) is 11.9. The molecule has 0 saturated carbocycles. The third-order valence-corrected chi connectivity index (χ3v) is 6.97. The summed E-state index contributed by atoms with van der Waals surface area (Å²) in [5, 5.41) is 24.0. The third-order valence-electron chi connectivity index (χ3n) is 5.12. The van der Waals surface area contributed by atoms with Crippen LogP contribution in [0.25, 0.3) is 22.0 Å². The van der Waals surface area contributed by atoms with Crippen molar-refractivity contribution in [3.8, 4) is 11.1 Å². The molecule has 0 spiro atoms. The second-order valence-corrected chi connectivity index (χ2v) is 9.83. The smallest absolute Gasteiger partial charge is 0.229 e. The molecule has 2 aromatic heterocycles. The fourth-order valence-electron chi connectivity index (χ4n) is 3.29. The predicted molar refractivity (Wildman–Crippen MR) is 127 cm³/mol. The maximum Gasteiger partial charge on any atom is 0.229 e. The van der Waals surface area contributed by atoms with Crippen molar-refractivity contribution in [1.82, 2.24) is 20.2 Å². The zero-order valence-electron chi connectivity index (χ0n) is 17.8. The average molecular weight is 452 g/mol. The van der Waals surface area contributed by atoms with Crippen LogP contribution in [0.4, 0.5) is 17.5 Å². The molecule has 0 radical (unpaired) electrons. The lowest BCUT2D eigenvalue weighted by Crippen LogP contribution is -2.21. The molecule has 9 nitrogen and oxygen atoms in total. The molecule has 2 heterocycles. The van der Waals surface area contributed by atoms with Crippen LogP contribution in [0.2, 0.25) is 0 Å². The van der Waals surface area contributed by atoms with E-state index in [0.29, 0.717) is 22.3 Å². The lowest BCUT2D eigenvalue weighted by molar-refractivity contribution is 0.281. The van der Waals surface area contributed by atoms with E-state index in [9.17, 15) is 9.32 Å². The van der Waals surface area contributed by atoms with Gasteiger partial charge in [0.15, 0.2) is 0 Å². The number of aliphatic hydroxyl groups is 1. The zero-order valence-corrected chi connectivity index (χ0v) is 18.6. The lowest BCUT2D eigenvalue weighted by Gasteiger charge is -2.17. The second kappa shape index (κ2) is 8.93. The molecule has 0 aliphatic carbocycles. The number of H-pyrrole nitrogens is 1. The van der Waals surface area contributed by atoms with Gasteiger partial charge in [-0.15, -0.1) is 0 Å². The minimum Gasteiger partial charge on any atom is -0.394 e. The van der Waals surface area contributed by atoms with Gasteiger partial charge >= 0.3 is 0 Å². The Hall–Kier alpha value is -3.50. The summed E-state index contributed by atoms with van der Waals surface area (Å²) in [6, 6.07) is 12.5. The van der Waals surface area contributed by atoms with Gasteiger partial charge in [0, 0.05) is 39.5 Å². The summed E-state index contributed by atoms with van der Waals surface area (Å²) >= 11 is 0. The van der Waals surface area contributed by atoms with Crippen molar-refractivity contribution in [3.05, 3.63) is 54.9 Å². The van der Waals surface area contributed by atoms with Crippen molar-refractivity contribution in [2.45, 2.75) is 24.8 Å². The highest BCUT2D eigenvalue weighted by Gasteiger charge is 2.15. The Kier molecular flexibility index (Phi) is 6.06. The maximum absolute atomic E-state index is 12.2. The topological polar surface area (TPSA) is 140 Å². The molecule has 10 heteroatoms. The zero-order chi connectivity index (χ0) is 22.7. The van der Waals surface area contributed by atoms with Crippen LogP contribution in [0, 0.1) is 4.78 Å². The summed E-state index contributed by atoms with van der Waals surface area (Å²) in [5.74, 6) is 1.22. The molecule has 2 aromatic carbocycles. The Morgan fingerprint density at radius 3 is 2.66 bits per heavy atom. The first-order chi connectivity index (χ1) is 15.4. The number of aromatic amines is 1. The van der Waals surface area contributed by atoms with Crippen LogP contribution in [0.5, 0.6) is 0 Å². The highest BCUT2D eigenvalue weighted by molar-refractivity contribution is 7.92. The summed E-state index contributed by atoms with van der Waals surface area (Å²) < 4.78 is 20.2. The molecular formula is C22H25N7O2S. The van der Waals surface area contributed by atoms with Crippen LogP contribution in [0.1, 0.15) is 13.8 Å². The molecule has 4 rings (SSSR count). The molecule has 1 unspecified atom stereocenters. The van der Waals surface area contributed by atoms with Crippen molar-refractivity contribution < 1.29 is 9.32 Å². The molecule has 0 saturated heterocycles. The highest BCUT2D eigenvalue weighted by Crippen LogP contribution is 2.33. The Balaban J connectivity index is 1.69. The van der Waals surface area contributed by atoms with E-state index in [4.69, 9.17) is 4.78 Å². The van der Waals surface area contributed by atoms with Crippen molar-refractivity contribution in [2.24, 2.45) is 0 Å². The van der Waals surface area contributed by atoms with Crippen molar-refractivity contribution >= 4 is 38.1 Å². The quantitative estimate of drug-likeness (QED) is 0.273. The average Bonchev–Trinajstić information content (AvgIpc) is 3.29. The monoisotopic (exact) mass is 451 g/mol. The molecule has 0 bridgehead atoms. The molecule has 32 heavy (non-hydrogen) atoms. The predicted octanol–water partition coefficient (Wildman–Crippen LogP) is 3.98. The van der Waals surface area contributed by atoms with Crippen LogP contribution >= 0.6 is 0 Å². The van der Waals surface area contributed by atoms with Crippen LogP contribution in [0.15, 0.2) is 59.8 Å². The van der Waals surface area contributed by atoms with E-state index >= 15 is 0 Å². The Bertz CT molecular complexity index is 1330. The van der Waals surface area contributed by atoms with E-state index in [2.05, 4.69) is 30.8 Å². The van der Waals surface area contributed by atoms with Gasteiger partial charge in [-0.1, -0.05) is 19.1 Å². The molecule has 4 aromatic rings. The largest absolute Gasteiger partial charge is 0.394 e. The van der Waals surface area contributed by atoms with Crippen molar-refractivity contribution in [2.75, 3.05) is 23.0 Å². The van der Waals surface area contributed by atoms with E-state index in [1.54, 1.807) is 43.6 Å².